The molecule has 0 atom stereocenters. The molecular formula is C13H17Cl2N3OS. The van der Waals surface area contributed by atoms with Crippen LogP contribution >= 0.6 is 36.2 Å². The molecule has 7 heteroatoms. The van der Waals surface area contributed by atoms with E-state index in [4.69, 9.17) is 0 Å². The molecule has 1 aliphatic heterocycles. The van der Waals surface area contributed by atoms with Crippen molar-refractivity contribution >= 4 is 52.3 Å². The third-order valence-electron chi connectivity index (χ3n) is 3.21. The van der Waals surface area contributed by atoms with Crippen LogP contribution in [0.2, 0.25) is 0 Å². The fourth-order valence-electron chi connectivity index (χ4n) is 2.22. The summed E-state index contributed by atoms with van der Waals surface area (Å²) in [5, 5.41) is 3.31. The van der Waals surface area contributed by atoms with Crippen molar-refractivity contribution in [1.29, 1.82) is 0 Å². The van der Waals surface area contributed by atoms with E-state index in [0.29, 0.717) is 0 Å². The van der Waals surface area contributed by atoms with Gasteiger partial charge in [-0.1, -0.05) is 0 Å². The Balaban J connectivity index is 0.000001000. The van der Waals surface area contributed by atoms with Gasteiger partial charge in [0.15, 0.2) is 0 Å². The molecular weight excluding hydrogens is 317 g/mol. The van der Waals surface area contributed by atoms with Crippen LogP contribution in [0, 0.1) is 0 Å². The number of hydrogen-bond donors (Lipinski definition) is 1. The SMILES string of the molecule is Cl.Cl.O=C(c1ccc2ncsc2c1)N1CCCNCC1. The van der Waals surface area contributed by atoms with Crippen LogP contribution in [0.4, 0.5) is 0 Å². The highest BCUT2D eigenvalue weighted by Gasteiger charge is 2.17. The van der Waals surface area contributed by atoms with Crippen molar-refractivity contribution in [2.45, 2.75) is 6.42 Å². The molecule has 110 valence electrons. The number of hydrogen-bond acceptors (Lipinski definition) is 4. The number of benzene rings is 1. The summed E-state index contributed by atoms with van der Waals surface area (Å²) in [4.78, 5) is 18.6. The van der Waals surface area contributed by atoms with E-state index in [-0.39, 0.29) is 30.7 Å². The molecule has 0 aliphatic carbocycles. The maximum Gasteiger partial charge on any atom is 0.253 e. The second-order valence-electron chi connectivity index (χ2n) is 4.43. The van der Waals surface area contributed by atoms with Crippen LogP contribution in [0.5, 0.6) is 0 Å². The molecule has 3 rings (SSSR count). The first-order chi connectivity index (χ1) is 8.84. The fraction of sp³-hybridized carbons (Fsp3) is 0.385. The van der Waals surface area contributed by atoms with Crippen molar-refractivity contribution in [1.82, 2.24) is 15.2 Å². The van der Waals surface area contributed by atoms with Gasteiger partial charge in [0, 0.05) is 25.2 Å². The van der Waals surface area contributed by atoms with Gasteiger partial charge in [0.05, 0.1) is 15.7 Å². The van der Waals surface area contributed by atoms with Gasteiger partial charge in [-0.25, -0.2) is 4.98 Å². The summed E-state index contributed by atoms with van der Waals surface area (Å²) in [6.07, 6.45) is 1.02. The van der Waals surface area contributed by atoms with Gasteiger partial charge in [0.25, 0.3) is 5.91 Å². The Hall–Kier alpha value is -0.880. The highest BCUT2D eigenvalue weighted by Crippen LogP contribution is 2.20. The van der Waals surface area contributed by atoms with Crippen LogP contribution in [-0.4, -0.2) is 42.0 Å². The van der Waals surface area contributed by atoms with Crippen molar-refractivity contribution in [2.24, 2.45) is 0 Å². The van der Waals surface area contributed by atoms with Crippen LogP contribution in [0.15, 0.2) is 23.7 Å². The molecule has 0 bridgehead atoms. The Morgan fingerprint density at radius 3 is 2.95 bits per heavy atom. The normalized spacial score (nSPS) is 15.1. The van der Waals surface area contributed by atoms with Crippen LogP contribution in [0.3, 0.4) is 0 Å². The van der Waals surface area contributed by atoms with Crippen LogP contribution in [-0.2, 0) is 0 Å². The molecule has 1 N–H and O–H groups in total. The molecule has 4 nitrogen and oxygen atoms in total. The van der Waals surface area contributed by atoms with Crippen molar-refractivity contribution in [3.05, 3.63) is 29.3 Å². The monoisotopic (exact) mass is 333 g/mol. The minimum absolute atomic E-state index is 0. The Morgan fingerprint density at radius 1 is 1.25 bits per heavy atom. The first kappa shape index (κ1) is 17.2. The van der Waals surface area contributed by atoms with E-state index >= 15 is 0 Å². The van der Waals surface area contributed by atoms with E-state index in [0.717, 1.165) is 48.4 Å². The number of carbonyl (C=O) groups is 1. The smallest absolute Gasteiger partial charge is 0.253 e. The van der Waals surface area contributed by atoms with E-state index < -0.39 is 0 Å². The average Bonchev–Trinajstić information content (AvgIpc) is 2.69. The topological polar surface area (TPSA) is 45.2 Å². The molecule has 0 saturated carbocycles. The minimum atomic E-state index is 0. The van der Waals surface area contributed by atoms with Crippen molar-refractivity contribution in [3.8, 4) is 0 Å². The summed E-state index contributed by atoms with van der Waals surface area (Å²) in [6.45, 7) is 3.51. The summed E-state index contributed by atoms with van der Waals surface area (Å²) in [5.41, 5.74) is 3.55. The summed E-state index contributed by atoms with van der Waals surface area (Å²) >= 11 is 1.58. The van der Waals surface area contributed by atoms with Gasteiger partial charge in [-0.3, -0.25) is 4.79 Å². The van der Waals surface area contributed by atoms with Crippen molar-refractivity contribution < 1.29 is 4.79 Å². The number of thiazole rings is 1. The largest absolute Gasteiger partial charge is 0.337 e. The molecule has 20 heavy (non-hydrogen) atoms. The number of rotatable bonds is 1. The number of amides is 1. The predicted molar refractivity (Wildman–Crippen MR) is 87.5 cm³/mol. The molecule has 1 amide bonds. The summed E-state index contributed by atoms with van der Waals surface area (Å²) in [7, 11) is 0. The second kappa shape index (κ2) is 7.78. The second-order valence-corrected chi connectivity index (χ2v) is 5.32. The first-order valence-corrected chi connectivity index (χ1v) is 7.06. The van der Waals surface area contributed by atoms with Gasteiger partial charge >= 0.3 is 0 Å². The average molecular weight is 334 g/mol. The molecule has 0 unspecified atom stereocenters. The Morgan fingerprint density at radius 2 is 2.10 bits per heavy atom. The summed E-state index contributed by atoms with van der Waals surface area (Å²) in [5.74, 6) is 0.133. The maximum absolute atomic E-state index is 12.4. The summed E-state index contributed by atoms with van der Waals surface area (Å²) < 4.78 is 1.08. The van der Waals surface area contributed by atoms with Gasteiger partial charge in [0.2, 0.25) is 0 Å². The number of carbonyl (C=O) groups excluding carboxylic acids is 1. The number of nitrogens with one attached hydrogen (secondary N) is 1. The van der Waals surface area contributed by atoms with E-state index in [1.807, 2.05) is 28.6 Å². The molecule has 0 radical (unpaired) electrons. The molecule has 1 fully saturated rings. The lowest BCUT2D eigenvalue weighted by atomic mass is 10.2. The quantitative estimate of drug-likeness (QED) is 0.872. The molecule has 0 spiro atoms. The van der Waals surface area contributed by atoms with Crippen LogP contribution < -0.4 is 5.32 Å². The Labute approximate surface area is 134 Å². The van der Waals surface area contributed by atoms with Gasteiger partial charge in [0.1, 0.15) is 0 Å². The molecule has 1 aromatic heterocycles. The van der Waals surface area contributed by atoms with Crippen LogP contribution in [0.1, 0.15) is 16.8 Å². The number of halogens is 2. The summed E-state index contributed by atoms with van der Waals surface area (Å²) in [6, 6.07) is 5.76. The third kappa shape index (κ3) is 3.61. The van der Waals surface area contributed by atoms with E-state index in [9.17, 15) is 4.79 Å². The fourth-order valence-corrected chi connectivity index (χ4v) is 2.94. The van der Waals surface area contributed by atoms with Gasteiger partial charge in [-0.2, -0.15) is 0 Å². The van der Waals surface area contributed by atoms with Gasteiger partial charge < -0.3 is 10.2 Å². The van der Waals surface area contributed by atoms with E-state index in [1.165, 1.54) is 0 Å². The lowest BCUT2D eigenvalue weighted by Gasteiger charge is -2.19. The Kier molecular flexibility index (Phi) is 6.68. The molecule has 1 saturated heterocycles. The van der Waals surface area contributed by atoms with Gasteiger partial charge in [-0.15, -0.1) is 36.2 Å². The molecule has 2 aromatic rings. The number of nitrogens with zero attached hydrogens (tertiary/aromatic N) is 2. The zero-order valence-corrected chi connectivity index (χ0v) is 13.3. The molecule has 2 heterocycles. The van der Waals surface area contributed by atoms with E-state index in [2.05, 4.69) is 10.3 Å². The van der Waals surface area contributed by atoms with Gasteiger partial charge in [-0.05, 0) is 31.2 Å². The molecule has 1 aliphatic rings. The zero-order chi connectivity index (χ0) is 12.4. The maximum atomic E-state index is 12.4. The zero-order valence-electron chi connectivity index (χ0n) is 10.9. The van der Waals surface area contributed by atoms with Crippen molar-refractivity contribution in [2.75, 3.05) is 26.2 Å². The molecule has 1 aromatic carbocycles. The third-order valence-corrected chi connectivity index (χ3v) is 4.00. The minimum Gasteiger partial charge on any atom is -0.337 e. The number of aromatic nitrogens is 1. The highest BCUT2D eigenvalue weighted by atomic mass is 35.5. The standard InChI is InChI=1S/C13H15N3OS.2ClH/c17-13(16-6-1-4-14-5-7-16)10-2-3-11-12(8-10)18-9-15-11;;/h2-3,8-9,14H,1,4-7H2;2*1H. The first-order valence-electron chi connectivity index (χ1n) is 6.18. The van der Waals surface area contributed by atoms with Crippen LogP contribution in [0.25, 0.3) is 10.2 Å². The Bertz CT molecular complexity index is 567. The lowest BCUT2D eigenvalue weighted by Crippen LogP contribution is -2.34. The predicted octanol–water partition coefficient (Wildman–Crippen LogP) is 2.58. The lowest BCUT2D eigenvalue weighted by molar-refractivity contribution is 0.0766. The van der Waals surface area contributed by atoms with Crippen molar-refractivity contribution in [3.63, 3.8) is 0 Å². The van der Waals surface area contributed by atoms with E-state index in [1.54, 1.807) is 11.3 Å². The number of fused-ring (bicyclic) bond motifs is 1. The highest BCUT2D eigenvalue weighted by molar-refractivity contribution is 7.16.